The molecule has 7 heteroatoms. The summed E-state index contributed by atoms with van der Waals surface area (Å²) in [5.74, 6) is -0.0457. The summed E-state index contributed by atoms with van der Waals surface area (Å²) >= 11 is 0. The fourth-order valence-electron chi connectivity index (χ4n) is 2.39. The van der Waals surface area contributed by atoms with Crippen LogP contribution >= 0.6 is 0 Å². The average Bonchev–Trinajstić information content (AvgIpc) is 2.57. The molecule has 1 amide bonds. The standard InChI is InChI=1S/C18H17N5O2/c1-11-14-4-2-3-5-15(14)21-18(20-11)23-17(19)22-16(25)10-12-6-8-13(24)9-7-12/h2-9,24H,10H2,1H3,(H3,19,20,21,22,23,25). The number of guanidine groups is 1. The fraction of sp³-hybridized carbons (Fsp3) is 0.111. The van der Waals surface area contributed by atoms with E-state index in [1.165, 1.54) is 12.1 Å². The summed E-state index contributed by atoms with van der Waals surface area (Å²) < 4.78 is 0. The second kappa shape index (κ2) is 6.96. The minimum Gasteiger partial charge on any atom is -0.508 e. The van der Waals surface area contributed by atoms with Gasteiger partial charge in [-0.15, -0.1) is 0 Å². The van der Waals surface area contributed by atoms with E-state index in [9.17, 15) is 9.90 Å². The number of amides is 1. The molecule has 0 fully saturated rings. The van der Waals surface area contributed by atoms with Gasteiger partial charge in [0.25, 0.3) is 5.95 Å². The third-order valence-corrected chi connectivity index (χ3v) is 3.57. The summed E-state index contributed by atoms with van der Waals surface area (Å²) in [6.07, 6.45) is 0.119. The van der Waals surface area contributed by atoms with Crippen molar-refractivity contribution >= 4 is 28.7 Å². The van der Waals surface area contributed by atoms with Gasteiger partial charge in [0.1, 0.15) is 5.75 Å². The van der Waals surface area contributed by atoms with E-state index in [4.69, 9.17) is 5.73 Å². The van der Waals surface area contributed by atoms with Gasteiger partial charge in [-0.1, -0.05) is 30.3 Å². The lowest BCUT2D eigenvalue weighted by atomic mass is 10.1. The number of benzene rings is 2. The number of para-hydroxylation sites is 1. The molecule has 0 bridgehead atoms. The van der Waals surface area contributed by atoms with Crippen LogP contribution < -0.4 is 11.1 Å². The van der Waals surface area contributed by atoms with Crippen molar-refractivity contribution in [3.8, 4) is 5.75 Å². The zero-order chi connectivity index (χ0) is 17.8. The number of nitrogens with one attached hydrogen (secondary N) is 1. The fourth-order valence-corrected chi connectivity index (χ4v) is 2.39. The van der Waals surface area contributed by atoms with Gasteiger partial charge in [-0.3, -0.25) is 10.1 Å². The number of aryl methyl sites for hydroxylation is 1. The number of rotatable bonds is 3. The van der Waals surface area contributed by atoms with E-state index in [0.29, 0.717) is 0 Å². The van der Waals surface area contributed by atoms with Crippen molar-refractivity contribution in [2.45, 2.75) is 13.3 Å². The molecule has 0 radical (unpaired) electrons. The van der Waals surface area contributed by atoms with Crippen LogP contribution in [-0.2, 0) is 11.2 Å². The maximum Gasteiger partial charge on any atom is 0.253 e. The Morgan fingerprint density at radius 3 is 2.64 bits per heavy atom. The first-order chi connectivity index (χ1) is 12.0. The highest BCUT2D eigenvalue weighted by Gasteiger charge is 2.07. The molecule has 126 valence electrons. The Morgan fingerprint density at radius 2 is 1.88 bits per heavy atom. The first-order valence-corrected chi connectivity index (χ1v) is 7.66. The Hall–Kier alpha value is -3.48. The van der Waals surface area contributed by atoms with Gasteiger partial charge in [-0.2, -0.15) is 4.99 Å². The van der Waals surface area contributed by atoms with Crippen LogP contribution in [0.2, 0.25) is 0 Å². The van der Waals surface area contributed by atoms with E-state index in [1.807, 2.05) is 31.2 Å². The van der Waals surface area contributed by atoms with Crippen molar-refractivity contribution in [1.82, 2.24) is 15.3 Å². The highest BCUT2D eigenvalue weighted by Crippen LogP contribution is 2.17. The third-order valence-electron chi connectivity index (χ3n) is 3.57. The van der Waals surface area contributed by atoms with Gasteiger partial charge < -0.3 is 10.8 Å². The third kappa shape index (κ3) is 4.08. The van der Waals surface area contributed by atoms with Gasteiger partial charge in [0.05, 0.1) is 17.6 Å². The van der Waals surface area contributed by atoms with Crippen LogP contribution in [0, 0.1) is 6.92 Å². The van der Waals surface area contributed by atoms with Gasteiger partial charge in [-0.25, -0.2) is 9.97 Å². The largest absolute Gasteiger partial charge is 0.508 e. The number of fused-ring (bicyclic) bond motifs is 1. The Morgan fingerprint density at radius 1 is 1.16 bits per heavy atom. The van der Waals surface area contributed by atoms with Crippen LogP contribution in [0.5, 0.6) is 5.75 Å². The normalized spacial score (nSPS) is 11.5. The highest BCUT2D eigenvalue weighted by molar-refractivity contribution is 5.97. The lowest BCUT2D eigenvalue weighted by Gasteiger charge is -2.06. The monoisotopic (exact) mass is 335 g/mol. The first-order valence-electron chi connectivity index (χ1n) is 7.66. The summed E-state index contributed by atoms with van der Waals surface area (Å²) in [4.78, 5) is 24.7. The number of nitrogens with two attached hydrogens (primary N) is 1. The molecule has 7 nitrogen and oxygen atoms in total. The Bertz CT molecular complexity index is 951. The zero-order valence-electron chi connectivity index (χ0n) is 13.6. The van der Waals surface area contributed by atoms with Crippen LogP contribution in [0.4, 0.5) is 5.95 Å². The smallest absolute Gasteiger partial charge is 0.253 e. The summed E-state index contributed by atoms with van der Waals surface area (Å²) in [6.45, 7) is 1.86. The number of carbonyl (C=O) groups excluding carboxylic acids is 1. The molecule has 0 aliphatic rings. The summed E-state index contributed by atoms with van der Waals surface area (Å²) in [6, 6.07) is 14.0. The van der Waals surface area contributed by atoms with Gasteiger partial charge in [-0.05, 0) is 30.7 Å². The van der Waals surface area contributed by atoms with Crippen molar-refractivity contribution in [2.75, 3.05) is 0 Å². The maximum atomic E-state index is 12.0. The molecular formula is C18H17N5O2. The summed E-state index contributed by atoms with van der Waals surface area (Å²) in [5, 5.41) is 12.7. The molecule has 0 spiro atoms. The lowest BCUT2D eigenvalue weighted by Crippen LogP contribution is -2.37. The minimum atomic E-state index is -0.315. The average molecular weight is 335 g/mol. The summed E-state index contributed by atoms with van der Waals surface area (Å²) in [5.41, 5.74) is 8.07. The Balaban J connectivity index is 1.73. The minimum absolute atomic E-state index is 0.0709. The molecule has 1 heterocycles. The van der Waals surface area contributed by atoms with Gasteiger partial charge in [0.2, 0.25) is 11.9 Å². The molecule has 2 aromatic carbocycles. The molecule has 0 aliphatic heterocycles. The molecule has 0 saturated heterocycles. The van der Waals surface area contributed by atoms with E-state index >= 15 is 0 Å². The van der Waals surface area contributed by atoms with Gasteiger partial charge in [0.15, 0.2) is 0 Å². The molecule has 3 aromatic rings. The van der Waals surface area contributed by atoms with E-state index in [1.54, 1.807) is 12.1 Å². The number of hydrogen-bond acceptors (Lipinski definition) is 5. The van der Waals surface area contributed by atoms with Gasteiger partial charge in [0, 0.05) is 5.39 Å². The summed E-state index contributed by atoms with van der Waals surface area (Å²) in [7, 11) is 0. The molecule has 1 aromatic heterocycles. The SMILES string of the molecule is Cc1nc(/N=C(\N)NC(=O)Cc2ccc(O)cc2)nc2ccccc12. The molecule has 25 heavy (non-hydrogen) atoms. The van der Waals surface area contributed by atoms with Crippen LogP contribution in [0.3, 0.4) is 0 Å². The van der Waals surface area contributed by atoms with Crippen molar-refractivity contribution in [3.63, 3.8) is 0 Å². The van der Waals surface area contributed by atoms with Crippen LogP contribution in [0.1, 0.15) is 11.3 Å². The molecule has 0 atom stereocenters. The van der Waals surface area contributed by atoms with Gasteiger partial charge >= 0.3 is 0 Å². The number of aromatic nitrogens is 2. The van der Waals surface area contributed by atoms with Crippen LogP contribution in [0.25, 0.3) is 10.9 Å². The van der Waals surface area contributed by atoms with Crippen LogP contribution in [-0.4, -0.2) is 26.9 Å². The predicted molar refractivity (Wildman–Crippen MR) is 95.5 cm³/mol. The number of aliphatic imine (C=N–C) groups is 1. The number of hydrogen-bond donors (Lipinski definition) is 3. The maximum absolute atomic E-state index is 12.0. The number of phenolic OH excluding ortho intramolecular Hbond substituents is 1. The van der Waals surface area contributed by atoms with Crippen LogP contribution in [0.15, 0.2) is 53.5 Å². The number of nitrogens with zero attached hydrogens (tertiary/aromatic N) is 3. The van der Waals surface area contributed by atoms with E-state index < -0.39 is 0 Å². The molecule has 3 rings (SSSR count). The van der Waals surface area contributed by atoms with E-state index in [0.717, 1.165) is 22.2 Å². The number of carbonyl (C=O) groups is 1. The van der Waals surface area contributed by atoms with Crippen molar-refractivity contribution < 1.29 is 9.90 Å². The first kappa shape index (κ1) is 16.4. The van der Waals surface area contributed by atoms with Crippen molar-refractivity contribution in [1.29, 1.82) is 0 Å². The van der Waals surface area contributed by atoms with E-state index in [-0.39, 0.29) is 30.0 Å². The molecule has 4 N–H and O–H groups in total. The topological polar surface area (TPSA) is 113 Å². The van der Waals surface area contributed by atoms with Crippen molar-refractivity contribution in [3.05, 3.63) is 59.8 Å². The molecule has 0 saturated carbocycles. The highest BCUT2D eigenvalue weighted by atomic mass is 16.3. The quantitative estimate of drug-likeness (QED) is 0.500. The second-order valence-electron chi connectivity index (χ2n) is 5.51. The van der Waals surface area contributed by atoms with Crippen molar-refractivity contribution in [2.24, 2.45) is 10.7 Å². The zero-order valence-corrected chi connectivity index (χ0v) is 13.6. The second-order valence-corrected chi connectivity index (χ2v) is 5.51. The molecular weight excluding hydrogens is 318 g/mol. The molecule has 0 aliphatic carbocycles. The lowest BCUT2D eigenvalue weighted by molar-refractivity contribution is -0.119. The molecule has 0 unspecified atom stereocenters. The predicted octanol–water partition coefficient (Wildman–Crippen LogP) is 1.95. The number of aromatic hydroxyl groups is 1. The number of phenols is 1. The van der Waals surface area contributed by atoms with E-state index in [2.05, 4.69) is 20.3 Å². The Labute approximate surface area is 144 Å². The Kier molecular flexibility index (Phi) is 4.56.